The molecule has 194 valence electrons. The highest BCUT2D eigenvalue weighted by molar-refractivity contribution is 8.01. The van der Waals surface area contributed by atoms with E-state index in [-0.39, 0.29) is 44.6 Å². The quantitative estimate of drug-likeness (QED) is 0.0766. The van der Waals surface area contributed by atoms with E-state index in [1.807, 2.05) is 6.92 Å². The summed E-state index contributed by atoms with van der Waals surface area (Å²) in [4.78, 5) is 80.1. The Hall–Kier alpha value is -2.71. The minimum atomic E-state index is -1.97. The van der Waals surface area contributed by atoms with E-state index in [0.717, 1.165) is 12.8 Å². The number of hydroxylamine groups is 5. The van der Waals surface area contributed by atoms with Crippen LogP contribution in [0.5, 0.6) is 0 Å². The van der Waals surface area contributed by atoms with E-state index in [1.54, 1.807) is 0 Å². The highest BCUT2D eigenvalue weighted by Crippen LogP contribution is 2.44. The average molecular weight is 516 g/mol. The molecule has 3 rings (SSSR count). The van der Waals surface area contributed by atoms with Gasteiger partial charge in [-0.1, -0.05) is 26.2 Å². The van der Waals surface area contributed by atoms with E-state index < -0.39 is 51.3 Å². The van der Waals surface area contributed by atoms with Gasteiger partial charge in [0.05, 0.1) is 31.3 Å². The Morgan fingerprint density at radius 1 is 1.06 bits per heavy atom. The minimum absolute atomic E-state index is 0.177. The van der Waals surface area contributed by atoms with Crippen molar-refractivity contribution < 1.29 is 48.5 Å². The molecule has 14 heteroatoms. The number of rotatable bonds is 11. The maximum absolute atomic E-state index is 13.1. The summed E-state index contributed by atoms with van der Waals surface area (Å²) in [5.41, 5.74) is 2.24. The molecule has 3 aliphatic rings. The Bertz CT molecular complexity index is 882. The fraction of sp³-hybridized carbons (Fsp3) is 0.714. The van der Waals surface area contributed by atoms with E-state index in [0.29, 0.717) is 18.6 Å². The predicted molar refractivity (Wildman–Crippen MR) is 119 cm³/mol. The fourth-order valence-electron chi connectivity index (χ4n) is 4.36. The Kier molecular flexibility index (Phi) is 8.72. The van der Waals surface area contributed by atoms with Gasteiger partial charge in [-0.3, -0.25) is 4.79 Å². The SMILES string of the molecule is CCCCCC(=O)ONC(=O)[C@@]1(CCCCC(=O)O[N+]2(O)C(=O)CCC2=O)SC[C@@H]2NC(=O)N[C@@H]21. The van der Waals surface area contributed by atoms with Crippen molar-refractivity contribution in [2.45, 2.75) is 88.0 Å². The van der Waals surface area contributed by atoms with Crippen LogP contribution in [-0.2, 0) is 33.6 Å². The standard InChI is InChI=1S/C21H30N4O9S/c1-2-3-4-7-16(28)33-24-19(30)21(18-13(12-35-21)22-20(31)23-18)11-6-5-8-17(29)34-25(32)14(26)9-10-15(25)27/h13,18,32H,2-12H2,1H3,(H2-,22,23,24,30,31)/p+1/t13-,18-,21-/m0/s1. The molecule has 0 radical (unpaired) electrons. The summed E-state index contributed by atoms with van der Waals surface area (Å²) in [5, 5.41) is 15.5. The molecule has 13 nitrogen and oxygen atoms in total. The number of hydrogen-bond donors (Lipinski definition) is 4. The van der Waals surface area contributed by atoms with E-state index in [1.165, 1.54) is 11.8 Å². The number of imide groups is 1. The van der Waals surface area contributed by atoms with Gasteiger partial charge in [0, 0.05) is 12.2 Å². The lowest BCUT2D eigenvalue weighted by Gasteiger charge is -2.31. The van der Waals surface area contributed by atoms with E-state index >= 15 is 0 Å². The van der Waals surface area contributed by atoms with Gasteiger partial charge in [-0.25, -0.2) is 28.8 Å². The third-order valence-corrected chi connectivity index (χ3v) is 7.98. The van der Waals surface area contributed by atoms with Gasteiger partial charge in [-0.15, -0.1) is 11.8 Å². The molecule has 0 aromatic heterocycles. The summed E-state index contributed by atoms with van der Waals surface area (Å²) in [6.45, 7) is 2.00. The fourth-order valence-corrected chi connectivity index (χ4v) is 5.98. The second-order valence-corrected chi connectivity index (χ2v) is 10.1. The van der Waals surface area contributed by atoms with Crippen LogP contribution < -0.4 is 16.1 Å². The van der Waals surface area contributed by atoms with Gasteiger partial charge in [-0.2, -0.15) is 10.7 Å². The molecule has 0 aromatic carbocycles. The molecule has 5 amide bonds. The number of amides is 5. The maximum Gasteiger partial charge on any atom is 0.397 e. The molecular weight excluding hydrogens is 484 g/mol. The van der Waals surface area contributed by atoms with Crippen molar-refractivity contribution in [3.63, 3.8) is 0 Å². The number of carbonyl (C=O) groups is 6. The summed E-state index contributed by atoms with van der Waals surface area (Å²) in [6, 6.07) is -1.22. The van der Waals surface area contributed by atoms with Crippen molar-refractivity contribution in [3.8, 4) is 0 Å². The number of nitrogens with zero attached hydrogens (tertiary/aromatic N) is 1. The van der Waals surface area contributed by atoms with Gasteiger partial charge in [0.25, 0.3) is 5.91 Å². The summed E-state index contributed by atoms with van der Waals surface area (Å²) < 4.78 is -1.14. The minimum Gasteiger partial charge on any atom is -0.341 e. The van der Waals surface area contributed by atoms with Gasteiger partial charge < -0.3 is 15.5 Å². The highest BCUT2D eigenvalue weighted by Gasteiger charge is 2.58. The molecule has 3 atom stereocenters. The zero-order valence-electron chi connectivity index (χ0n) is 19.5. The Labute approximate surface area is 206 Å². The number of carbonyl (C=O) groups excluding carboxylic acids is 6. The molecule has 0 bridgehead atoms. The first-order valence-corrected chi connectivity index (χ1v) is 12.7. The smallest absolute Gasteiger partial charge is 0.341 e. The Morgan fingerprint density at radius 3 is 2.40 bits per heavy atom. The number of thioether (sulfide) groups is 1. The number of nitrogens with one attached hydrogen (secondary N) is 3. The van der Waals surface area contributed by atoms with Crippen LogP contribution in [0.15, 0.2) is 0 Å². The lowest BCUT2D eigenvalue weighted by atomic mass is 9.89. The zero-order valence-corrected chi connectivity index (χ0v) is 20.3. The predicted octanol–water partition coefficient (Wildman–Crippen LogP) is 0.748. The molecule has 0 unspecified atom stereocenters. The summed E-state index contributed by atoms with van der Waals surface area (Å²) in [7, 11) is 0. The molecule has 35 heavy (non-hydrogen) atoms. The van der Waals surface area contributed by atoms with E-state index in [4.69, 9.17) is 9.68 Å². The first-order chi connectivity index (χ1) is 16.6. The number of unbranched alkanes of at least 4 members (excludes halogenated alkanes) is 3. The lowest BCUT2D eigenvalue weighted by Crippen LogP contribution is -2.56. The summed E-state index contributed by atoms with van der Waals surface area (Å²) >= 11 is 1.32. The highest BCUT2D eigenvalue weighted by atomic mass is 32.2. The monoisotopic (exact) mass is 515 g/mol. The van der Waals surface area contributed by atoms with Gasteiger partial charge in [-0.05, 0) is 19.3 Å². The van der Waals surface area contributed by atoms with Crippen LogP contribution in [0, 0.1) is 0 Å². The third kappa shape index (κ3) is 5.93. The molecule has 3 aliphatic heterocycles. The van der Waals surface area contributed by atoms with Crippen molar-refractivity contribution in [2.75, 3.05) is 5.75 Å². The van der Waals surface area contributed by atoms with Gasteiger partial charge in [0.1, 0.15) is 9.56 Å². The number of quaternary nitrogens is 1. The zero-order chi connectivity index (χ0) is 25.6. The number of fused-ring (bicyclic) bond motifs is 1. The first-order valence-electron chi connectivity index (χ1n) is 11.7. The van der Waals surface area contributed by atoms with Crippen LogP contribution in [-0.4, -0.2) is 68.3 Å². The second-order valence-electron chi connectivity index (χ2n) is 8.80. The number of urea groups is 1. The number of hydrogen-bond acceptors (Lipinski definition) is 10. The molecule has 0 aromatic rings. The maximum atomic E-state index is 13.1. The van der Waals surface area contributed by atoms with E-state index in [9.17, 15) is 34.0 Å². The van der Waals surface area contributed by atoms with Crippen molar-refractivity contribution >= 4 is 47.5 Å². The van der Waals surface area contributed by atoms with Crippen molar-refractivity contribution in [2.24, 2.45) is 0 Å². The molecule has 3 fully saturated rings. The van der Waals surface area contributed by atoms with Crippen LogP contribution in [0.3, 0.4) is 0 Å². The first kappa shape index (κ1) is 26.9. The van der Waals surface area contributed by atoms with E-state index in [2.05, 4.69) is 16.1 Å². The molecule has 0 saturated carbocycles. The Balaban J connectivity index is 1.55. The molecule has 4 N–H and O–H groups in total. The van der Waals surface area contributed by atoms with Crippen LogP contribution in [0.2, 0.25) is 0 Å². The van der Waals surface area contributed by atoms with Crippen molar-refractivity contribution in [1.29, 1.82) is 0 Å². The summed E-state index contributed by atoms with van der Waals surface area (Å²) in [5.74, 6) is -3.37. The summed E-state index contributed by atoms with van der Waals surface area (Å²) in [6.07, 6.45) is 2.83. The van der Waals surface area contributed by atoms with Crippen molar-refractivity contribution in [3.05, 3.63) is 0 Å². The molecule has 0 aliphatic carbocycles. The van der Waals surface area contributed by atoms with Crippen LogP contribution in [0.1, 0.15) is 71.1 Å². The van der Waals surface area contributed by atoms with Gasteiger partial charge in [0.15, 0.2) is 0 Å². The second kappa shape index (κ2) is 11.4. The molecule has 3 saturated heterocycles. The van der Waals surface area contributed by atoms with Crippen molar-refractivity contribution in [1.82, 2.24) is 16.1 Å². The van der Waals surface area contributed by atoms with Crippen LogP contribution in [0.4, 0.5) is 4.79 Å². The van der Waals surface area contributed by atoms with Gasteiger partial charge >= 0.3 is 29.8 Å². The Morgan fingerprint density at radius 2 is 1.71 bits per heavy atom. The molecular formula is C21H31N4O9S+. The lowest BCUT2D eigenvalue weighted by molar-refractivity contribution is -1.12. The molecule has 3 heterocycles. The largest absolute Gasteiger partial charge is 0.397 e. The normalized spacial score (nSPS) is 26.6. The van der Waals surface area contributed by atoms with Gasteiger partial charge in [0.2, 0.25) is 0 Å². The molecule has 0 spiro atoms. The average Bonchev–Trinajstić information content (AvgIpc) is 3.43. The van der Waals surface area contributed by atoms with Crippen LogP contribution >= 0.6 is 11.8 Å². The van der Waals surface area contributed by atoms with Crippen LogP contribution in [0.25, 0.3) is 0 Å². The topological polar surface area (TPSA) is 177 Å². The third-order valence-electron chi connectivity index (χ3n) is 6.30.